The van der Waals surface area contributed by atoms with Gasteiger partial charge in [0.2, 0.25) is 0 Å². The zero-order chi connectivity index (χ0) is 18.7. The van der Waals surface area contributed by atoms with Crippen LogP contribution in [0.5, 0.6) is 5.75 Å². The second-order valence-electron chi connectivity index (χ2n) is 4.98. The van der Waals surface area contributed by atoms with E-state index >= 15 is 0 Å². The molecule has 0 fully saturated rings. The lowest BCUT2D eigenvalue weighted by Crippen LogP contribution is -2.22. The Hall–Kier alpha value is -3.08. The molecule has 0 atom stereocenters. The van der Waals surface area contributed by atoms with Gasteiger partial charge in [0.15, 0.2) is 0 Å². The van der Waals surface area contributed by atoms with Crippen molar-refractivity contribution in [2.45, 2.75) is 6.18 Å². The number of H-pyrrole nitrogens is 1. The number of thiazole rings is 1. The first-order valence-corrected chi connectivity index (χ1v) is 8.03. The number of carbonyl (C=O) groups excluding carboxylic acids is 1. The van der Waals surface area contributed by atoms with Gasteiger partial charge in [-0.05, 0) is 18.2 Å². The SMILES string of the molecule is COc1ccc(NC(=O)Nc2cn[nH]c2-c2nccs2)c(C(F)(F)F)c1. The number of nitrogens with one attached hydrogen (secondary N) is 3. The number of halogens is 3. The molecule has 3 aromatic rings. The molecule has 26 heavy (non-hydrogen) atoms. The van der Waals surface area contributed by atoms with E-state index in [1.165, 1.54) is 30.7 Å². The molecule has 1 aromatic carbocycles. The first-order chi connectivity index (χ1) is 12.4. The van der Waals surface area contributed by atoms with Crippen LogP contribution in [0.4, 0.5) is 29.3 Å². The molecule has 0 saturated carbocycles. The van der Waals surface area contributed by atoms with Gasteiger partial charge in [-0.25, -0.2) is 9.78 Å². The number of hydrogen-bond donors (Lipinski definition) is 3. The molecule has 3 rings (SSSR count). The predicted molar refractivity (Wildman–Crippen MR) is 90.3 cm³/mol. The van der Waals surface area contributed by atoms with E-state index in [4.69, 9.17) is 4.74 Å². The molecule has 7 nitrogen and oxygen atoms in total. The number of benzene rings is 1. The lowest BCUT2D eigenvalue weighted by molar-refractivity contribution is -0.137. The third-order valence-electron chi connectivity index (χ3n) is 3.31. The maximum absolute atomic E-state index is 13.2. The predicted octanol–water partition coefficient (Wildman–Crippen LogP) is 4.20. The van der Waals surface area contributed by atoms with Crippen LogP contribution in [0.25, 0.3) is 10.7 Å². The van der Waals surface area contributed by atoms with Crippen molar-refractivity contribution in [2.75, 3.05) is 17.7 Å². The number of rotatable bonds is 4. The molecule has 0 aliphatic carbocycles. The Morgan fingerprint density at radius 2 is 2.04 bits per heavy atom. The number of anilines is 2. The van der Waals surface area contributed by atoms with Crippen molar-refractivity contribution in [1.82, 2.24) is 15.2 Å². The second kappa shape index (κ2) is 7.04. The van der Waals surface area contributed by atoms with Crippen molar-refractivity contribution in [3.05, 3.63) is 41.5 Å². The van der Waals surface area contributed by atoms with E-state index in [2.05, 4.69) is 25.8 Å². The molecule has 2 aromatic heterocycles. The molecule has 11 heteroatoms. The van der Waals surface area contributed by atoms with Crippen molar-refractivity contribution in [3.63, 3.8) is 0 Å². The van der Waals surface area contributed by atoms with Crippen molar-refractivity contribution >= 4 is 28.7 Å². The van der Waals surface area contributed by atoms with Gasteiger partial charge in [-0.3, -0.25) is 5.10 Å². The summed E-state index contributed by atoms with van der Waals surface area (Å²) in [6.45, 7) is 0. The number of ether oxygens (including phenoxy) is 1. The summed E-state index contributed by atoms with van der Waals surface area (Å²) in [5.74, 6) is 0.0316. The average Bonchev–Trinajstić information content (AvgIpc) is 3.25. The van der Waals surface area contributed by atoms with Crippen LogP contribution in [0.1, 0.15) is 5.56 Å². The van der Waals surface area contributed by atoms with Crippen LogP contribution in [-0.4, -0.2) is 28.3 Å². The minimum atomic E-state index is -4.65. The highest BCUT2D eigenvalue weighted by Crippen LogP contribution is 2.37. The maximum atomic E-state index is 13.2. The van der Waals surface area contributed by atoms with Crippen LogP contribution < -0.4 is 15.4 Å². The molecule has 0 unspecified atom stereocenters. The van der Waals surface area contributed by atoms with Gasteiger partial charge >= 0.3 is 12.2 Å². The van der Waals surface area contributed by atoms with Gasteiger partial charge in [-0.1, -0.05) is 0 Å². The fourth-order valence-electron chi connectivity index (χ4n) is 2.16. The zero-order valence-electron chi connectivity index (χ0n) is 13.2. The number of urea groups is 1. The van der Waals surface area contributed by atoms with E-state index in [9.17, 15) is 18.0 Å². The van der Waals surface area contributed by atoms with Crippen LogP contribution >= 0.6 is 11.3 Å². The van der Waals surface area contributed by atoms with Crippen LogP contribution in [0.3, 0.4) is 0 Å². The number of methoxy groups -OCH3 is 1. The highest BCUT2D eigenvalue weighted by atomic mass is 32.1. The molecule has 0 saturated heterocycles. The number of carbonyl (C=O) groups is 1. The van der Waals surface area contributed by atoms with Crippen LogP contribution in [0, 0.1) is 0 Å². The van der Waals surface area contributed by atoms with Gasteiger partial charge in [0.05, 0.1) is 30.2 Å². The minimum Gasteiger partial charge on any atom is -0.497 e. The Labute approximate surface area is 149 Å². The maximum Gasteiger partial charge on any atom is 0.418 e. The summed E-state index contributed by atoms with van der Waals surface area (Å²) in [6, 6.07) is 2.41. The van der Waals surface area contributed by atoms with Gasteiger partial charge in [0.25, 0.3) is 0 Å². The topological polar surface area (TPSA) is 91.9 Å². The van der Waals surface area contributed by atoms with Crippen molar-refractivity contribution < 1.29 is 22.7 Å². The first kappa shape index (κ1) is 17.7. The molecule has 136 valence electrons. The average molecular weight is 383 g/mol. The van der Waals surface area contributed by atoms with Gasteiger partial charge < -0.3 is 15.4 Å². The molecule has 0 spiro atoms. The van der Waals surface area contributed by atoms with Crippen molar-refractivity contribution in [3.8, 4) is 16.5 Å². The summed E-state index contributed by atoms with van der Waals surface area (Å²) in [6.07, 6.45) is -1.73. The number of aromatic nitrogens is 3. The Bertz CT molecular complexity index is 908. The molecule has 0 aliphatic rings. The van der Waals surface area contributed by atoms with Crippen molar-refractivity contribution in [2.24, 2.45) is 0 Å². The van der Waals surface area contributed by atoms with E-state index in [1.54, 1.807) is 11.6 Å². The van der Waals surface area contributed by atoms with Gasteiger partial charge in [-0.15, -0.1) is 11.3 Å². The summed E-state index contributed by atoms with van der Waals surface area (Å²) in [5, 5.41) is 13.5. The lowest BCUT2D eigenvalue weighted by atomic mass is 10.1. The zero-order valence-corrected chi connectivity index (χ0v) is 14.0. The van der Waals surface area contributed by atoms with Crippen molar-refractivity contribution in [1.29, 1.82) is 0 Å². The second-order valence-corrected chi connectivity index (χ2v) is 5.88. The summed E-state index contributed by atoms with van der Waals surface area (Å²) in [4.78, 5) is 16.2. The minimum absolute atomic E-state index is 0.0316. The molecule has 2 heterocycles. The van der Waals surface area contributed by atoms with Gasteiger partial charge in [0, 0.05) is 11.6 Å². The van der Waals surface area contributed by atoms with E-state index in [-0.39, 0.29) is 5.75 Å². The van der Waals surface area contributed by atoms with E-state index in [0.29, 0.717) is 16.4 Å². The molecule has 0 bridgehead atoms. The number of amides is 2. The van der Waals surface area contributed by atoms with Crippen LogP contribution in [0.15, 0.2) is 36.0 Å². The smallest absolute Gasteiger partial charge is 0.418 e. The van der Waals surface area contributed by atoms with Gasteiger partial charge in [0.1, 0.15) is 16.5 Å². The lowest BCUT2D eigenvalue weighted by Gasteiger charge is -2.15. The highest BCUT2D eigenvalue weighted by Gasteiger charge is 2.34. The van der Waals surface area contributed by atoms with Crippen LogP contribution in [-0.2, 0) is 6.18 Å². The standard InChI is InChI=1S/C15H12F3N5O2S/c1-25-8-2-3-10(9(6-8)15(16,17)18)21-14(24)22-11-7-20-23-12(11)13-19-4-5-26-13/h2-7H,1H3,(H,20,23)(H2,21,22,24). The normalized spacial score (nSPS) is 11.2. The quantitative estimate of drug-likeness (QED) is 0.629. The van der Waals surface area contributed by atoms with Crippen LogP contribution in [0.2, 0.25) is 0 Å². The Balaban J connectivity index is 1.80. The third kappa shape index (κ3) is 3.77. The van der Waals surface area contributed by atoms with Gasteiger partial charge in [-0.2, -0.15) is 18.3 Å². The summed E-state index contributed by atoms with van der Waals surface area (Å²) in [5.41, 5.74) is -0.658. The summed E-state index contributed by atoms with van der Waals surface area (Å²) in [7, 11) is 1.26. The molecular weight excluding hydrogens is 371 g/mol. The Morgan fingerprint density at radius 1 is 1.27 bits per heavy atom. The molecular formula is C15H12F3N5O2S. The Morgan fingerprint density at radius 3 is 2.69 bits per heavy atom. The fraction of sp³-hybridized carbons (Fsp3) is 0.133. The highest BCUT2D eigenvalue weighted by molar-refractivity contribution is 7.13. The number of aromatic amines is 1. The number of alkyl halides is 3. The van der Waals surface area contributed by atoms with E-state index in [1.807, 2.05) is 0 Å². The molecule has 0 radical (unpaired) electrons. The number of hydrogen-bond acceptors (Lipinski definition) is 5. The fourth-order valence-corrected chi connectivity index (χ4v) is 2.81. The van der Waals surface area contributed by atoms with E-state index in [0.717, 1.165) is 12.1 Å². The molecule has 0 aliphatic heterocycles. The first-order valence-electron chi connectivity index (χ1n) is 7.15. The summed E-state index contributed by atoms with van der Waals surface area (Å²) >= 11 is 1.32. The monoisotopic (exact) mass is 383 g/mol. The number of nitrogens with zero attached hydrogens (tertiary/aromatic N) is 2. The largest absolute Gasteiger partial charge is 0.497 e. The Kier molecular flexibility index (Phi) is 4.80. The molecule has 2 amide bonds. The summed E-state index contributed by atoms with van der Waals surface area (Å²) < 4.78 is 44.4. The third-order valence-corrected chi connectivity index (χ3v) is 4.10. The molecule has 3 N–H and O–H groups in total. The van der Waals surface area contributed by atoms with E-state index < -0.39 is 23.5 Å².